The van der Waals surface area contributed by atoms with E-state index >= 15 is 0 Å². The van der Waals surface area contributed by atoms with Gasteiger partial charge in [0.05, 0.1) is 13.1 Å². The van der Waals surface area contributed by atoms with Crippen molar-refractivity contribution in [2.75, 3.05) is 19.6 Å². The first kappa shape index (κ1) is 14.1. The molecule has 1 aliphatic heterocycles. The summed E-state index contributed by atoms with van der Waals surface area (Å²) in [6.07, 6.45) is 2.57. The van der Waals surface area contributed by atoms with Crippen LogP contribution in [0.1, 0.15) is 30.9 Å². The fourth-order valence-corrected chi connectivity index (χ4v) is 2.75. The minimum Gasteiger partial charge on any atom is -0.347 e. The van der Waals surface area contributed by atoms with Gasteiger partial charge in [-0.1, -0.05) is 36.8 Å². The van der Waals surface area contributed by atoms with Crippen molar-refractivity contribution in [1.82, 2.24) is 5.32 Å². The molecule has 1 aliphatic rings. The van der Waals surface area contributed by atoms with Crippen LogP contribution in [0, 0.1) is 12.8 Å². The fraction of sp³-hybridized carbons (Fsp3) is 0.562. The van der Waals surface area contributed by atoms with Gasteiger partial charge in [0.15, 0.2) is 6.54 Å². The molecule has 1 aromatic carbocycles. The van der Waals surface area contributed by atoms with E-state index in [4.69, 9.17) is 0 Å². The lowest BCUT2D eigenvalue weighted by Gasteiger charge is -2.27. The number of amides is 1. The lowest BCUT2D eigenvalue weighted by molar-refractivity contribution is -0.900. The van der Waals surface area contributed by atoms with Gasteiger partial charge in [0.1, 0.15) is 0 Å². The molecule has 1 unspecified atom stereocenters. The highest BCUT2D eigenvalue weighted by molar-refractivity contribution is 5.76. The summed E-state index contributed by atoms with van der Waals surface area (Å²) in [5.41, 5.74) is 2.42. The van der Waals surface area contributed by atoms with Crippen molar-refractivity contribution in [3.8, 4) is 0 Å². The summed E-state index contributed by atoms with van der Waals surface area (Å²) in [7, 11) is 0. The van der Waals surface area contributed by atoms with E-state index in [0.717, 1.165) is 19.0 Å². The largest absolute Gasteiger partial charge is 0.347 e. The molecule has 2 atom stereocenters. The lowest BCUT2D eigenvalue weighted by atomic mass is 10.0. The number of rotatable bonds is 4. The van der Waals surface area contributed by atoms with Gasteiger partial charge in [-0.05, 0) is 25.3 Å². The minimum absolute atomic E-state index is 0.171. The van der Waals surface area contributed by atoms with Crippen LogP contribution in [0.3, 0.4) is 0 Å². The van der Waals surface area contributed by atoms with Crippen molar-refractivity contribution in [1.29, 1.82) is 0 Å². The Kier molecular flexibility index (Phi) is 4.97. The maximum Gasteiger partial charge on any atom is 0.275 e. The number of quaternary nitrogens is 1. The normalized spacial score (nSPS) is 23.1. The molecule has 2 rings (SSSR count). The van der Waals surface area contributed by atoms with Gasteiger partial charge in [0, 0.05) is 12.5 Å². The number of carbonyl (C=O) groups is 1. The van der Waals surface area contributed by atoms with E-state index in [1.165, 1.54) is 28.9 Å². The predicted molar refractivity (Wildman–Crippen MR) is 77.0 cm³/mol. The maximum absolute atomic E-state index is 11.9. The minimum atomic E-state index is 0.171. The van der Waals surface area contributed by atoms with Gasteiger partial charge in [-0.15, -0.1) is 0 Å². The summed E-state index contributed by atoms with van der Waals surface area (Å²) in [5, 5.41) is 3.02. The van der Waals surface area contributed by atoms with Crippen LogP contribution >= 0.6 is 0 Å². The average Bonchev–Trinajstić information content (AvgIpc) is 2.38. The number of benzene rings is 1. The summed E-state index contributed by atoms with van der Waals surface area (Å²) >= 11 is 0. The standard InChI is InChI=1S/C16H24N2O/c1-13-5-7-15(8-6-13)10-17-16(19)12-18-9-3-4-14(2)11-18/h5-8,14H,3-4,9-12H2,1-2H3,(H,17,19)/p+1/t14-/m1/s1. The summed E-state index contributed by atoms with van der Waals surface area (Å²) in [5.74, 6) is 0.929. The Balaban J connectivity index is 1.73. The highest BCUT2D eigenvalue weighted by Gasteiger charge is 2.21. The number of carbonyl (C=O) groups excluding carboxylic acids is 1. The van der Waals surface area contributed by atoms with E-state index in [9.17, 15) is 4.79 Å². The van der Waals surface area contributed by atoms with E-state index in [0.29, 0.717) is 13.1 Å². The number of nitrogens with one attached hydrogen (secondary N) is 2. The summed E-state index contributed by atoms with van der Waals surface area (Å²) in [4.78, 5) is 13.4. The van der Waals surface area contributed by atoms with Gasteiger partial charge in [0.25, 0.3) is 5.91 Å². The predicted octanol–water partition coefficient (Wildman–Crippen LogP) is 0.926. The second-order valence-electron chi connectivity index (χ2n) is 5.89. The van der Waals surface area contributed by atoms with Crippen LogP contribution in [0.4, 0.5) is 0 Å². The molecule has 1 aromatic rings. The first-order chi connectivity index (χ1) is 9.13. The lowest BCUT2D eigenvalue weighted by Crippen LogP contribution is -3.14. The van der Waals surface area contributed by atoms with Crippen molar-refractivity contribution in [3.63, 3.8) is 0 Å². The maximum atomic E-state index is 11.9. The molecule has 0 spiro atoms. The molecule has 0 bridgehead atoms. The number of hydrogen-bond donors (Lipinski definition) is 2. The van der Waals surface area contributed by atoms with Gasteiger partial charge in [0.2, 0.25) is 0 Å². The van der Waals surface area contributed by atoms with Gasteiger partial charge in [-0.3, -0.25) is 4.79 Å². The average molecular weight is 261 g/mol. The summed E-state index contributed by atoms with van der Waals surface area (Å²) < 4.78 is 0. The second kappa shape index (κ2) is 6.71. The Morgan fingerprint density at radius 3 is 2.79 bits per heavy atom. The highest BCUT2D eigenvalue weighted by atomic mass is 16.2. The van der Waals surface area contributed by atoms with Gasteiger partial charge in [-0.2, -0.15) is 0 Å². The Morgan fingerprint density at radius 1 is 1.37 bits per heavy atom. The number of hydrogen-bond acceptors (Lipinski definition) is 1. The molecule has 1 saturated heterocycles. The van der Waals surface area contributed by atoms with Crippen LogP contribution in [0.5, 0.6) is 0 Å². The van der Waals surface area contributed by atoms with E-state index < -0.39 is 0 Å². The molecule has 0 aromatic heterocycles. The van der Waals surface area contributed by atoms with E-state index in [1.54, 1.807) is 0 Å². The third-order valence-corrected chi connectivity index (χ3v) is 3.89. The van der Waals surface area contributed by atoms with Crippen LogP contribution in [-0.2, 0) is 11.3 Å². The van der Waals surface area contributed by atoms with E-state index in [-0.39, 0.29) is 5.91 Å². The Morgan fingerprint density at radius 2 is 2.11 bits per heavy atom. The Bertz CT molecular complexity index is 413. The van der Waals surface area contributed by atoms with Crippen LogP contribution in [-0.4, -0.2) is 25.5 Å². The van der Waals surface area contributed by atoms with Crippen LogP contribution in [0.2, 0.25) is 0 Å². The molecule has 3 nitrogen and oxygen atoms in total. The van der Waals surface area contributed by atoms with Crippen molar-refractivity contribution >= 4 is 5.91 Å². The molecule has 0 saturated carbocycles. The van der Waals surface area contributed by atoms with Crippen molar-refractivity contribution in [2.45, 2.75) is 33.2 Å². The molecule has 0 radical (unpaired) electrons. The number of likely N-dealkylation sites (tertiary alicyclic amines) is 1. The smallest absolute Gasteiger partial charge is 0.275 e. The van der Waals surface area contributed by atoms with Gasteiger partial charge < -0.3 is 10.2 Å². The van der Waals surface area contributed by atoms with Gasteiger partial charge >= 0.3 is 0 Å². The van der Waals surface area contributed by atoms with Gasteiger partial charge in [-0.25, -0.2) is 0 Å². The molecule has 0 aliphatic carbocycles. The first-order valence-corrected chi connectivity index (χ1v) is 7.29. The van der Waals surface area contributed by atoms with Crippen molar-refractivity contribution in [2.24, 2.45) is 5.92 Å². The second-order valence-corrected chi connectivity index (χ2v) is 5.89. The zero-order valence-electron chi connectivity index (χ0n) is 12.0. The zero-order valence-corrected chi connectivity index (χ0v) is 12.0. The molecule has 19 heavy (non-hydrogen) atoms. The fourth-order valence-electron chi connectivity index (χ4n) is 2.75. The third-order valence-electron chi connectivity index (χ3n) is 3.89. The number of aryl methyl sites for hydroxylation is 1. The molecule has 104 valence electrons. The molecule has 2 N–H and O–H groups in total. The molecule has 1 fully saturated rings. The summed E-state index contributed by atoms with van der Waals surface area (Å²) in [6, 6.07) is 8.31. The molecular weight excluding hydrogens is 236 g/mol. The van der Waals surface area contributed by atoms with Crippen LogP contribution in [0.15, 0.2) is 24.3 Å². The van der Waals surface area contributed by atoms with E-state index in [1.807, 2.05) is 0 Å². The molecule has 3 heteroatoms. The number of piperidine rings is 1. The molecular formula is C16H25N2O+. The molecule has 1 heterocycles. The highest BCUT2D eigenvalue weighted by Crippen LogP contribution is 2.04. The topological polar surface area (TPSA) is 33.5 Å². The van der Waals surface area contributed by atoms with Crippen LogP contribution < -0.4 is 10.2 Å². The zero-order chi connectivity index (χ0) is 13.7. The summed E-state index contributed by atoms with van der Waals surface area (Å²) in [6.45, 7) is 7.89. The third kappa shape index (κ3) is 4.67. The Labute approximate surface area is 116 Å². The monoisotopic (exact) mass is 261 g/mol. The van der Waals surface area contributed by atoms with E-state index in [2.05, 4.69) is 43.4 Å². The van der Waals surface area contributed by atoms with Crippen molar-refractivity contribution in [3.05, 3.63) is 35.4 Å². The quantitative estimate of drug-likeness (QED) is 0.830. The van der Waals surface area contributed by atoms with Crippen molar-refractivity contribution < 1.29 is 9.69 Å². The van der Waals surface area contributed by atoms with Crippen LogP contribution in [0.25, 0.3) is 0 Å². The first-order valence-electron chi connectivity index (χ1n) is 7.29. The Hall–Kier alpha value is -1.35. The molecule has 1 amide bonds. The SMILES string of the molecule is Cc1ccc(CNC(=O)C[NH+]2CCC[C@@H](C)C2)cc1.